The first-order valence-electron chi connectivity index (χ1n) is 3.56. The summed E-state index contributed by atoms with van der Waals surface area (Å²) in [5, 5.41) is 8.55. The molecule has 1 fully saturated rings. The van der Waals surface area contributed by atoms with Gasteiger partial charge in [0.25, 0.3) is 0 Å². The van der Waals surface area contributed by atoms with Gasteiger partial charge in [-0.25, -0.2) is 0 Å². The Bertz CT molecular complexity index is 135. The van der Waals surface area contributed by atoms with Gasteiger partial charge in [0.1, 0.15) is 0 Å². The molecule has 0 unspecified atom stereocenters. The van der Waals surface area contributed by atoms with Gasteiger partial charge in [-0.15, -0.1) is 0 Å². The van der Waals surface area contributed by atoms with Gasteiger partial charge in [0, 0.05) is 13.1 Å². The summed E-state index contributed by atoms with van der Waals surface area (Å²) in [6.07, 6.45) is 0. The van der Waals surface area contributed by atoms with Crippen molar-refractivity contribution in [2.75, 3.05) is 26.3 Å². The van der Waals surface area contributed by atoms with Crippen molar-refractivity contribution in [2.45, 2.75) is 13.0 Å². The van der Waals surface area contributed by atoms with Gasteiger partial charge in [0.2, 0.25) is 0 Å². The zero-order valence-corrected chi connectivity index (χ0v) is 6.21. The zero-order chi connectivity index (χ0) is 7.40. The van der Waals surface area contributed by atoms with Crippen molar-refractivity contribution in [3.63, 3.8) is 0 Å². The maximum absolute atomic E-state index is 8.55. The third-order valence-corrected chi connectivity index (χ3v) is 1.78. The highest BCUT2D eigenvalue weighted by atomic mass is 16.5. The molecule has 1 saturated heterocycles. The molecule has 0 bridgehead atoms. The monoisotopic (exact) mass is 140 g/mol. The molecule has 1 atom stereocenters. The summed E-state index contributed by atoms with van der Waals surface area (Å²) in [6.45, 7) is 5.26. The second kappa shape index (κ2) is 3.55. The summed E-state index contributed by atoms with van der Waals surface area (Å²) in [5.74, 6) is 0. The Hall–Kier alpha value is -0.590. The summed E-state index contributed by atoms with van der Waals surface area (Å²) < 4.78 is 5.14. The first-order valence-corrected chi connectivity index (χ1v) is 3.56. The van der Waals surface area contributed by atoms with Crippen LogP contribution < -0.4 is 0 Å². The number of hydrogen-bond donors (Lipinski definition) is 0. The number of rotatable bonds is 1. The van der Waals surface area contributed by atoms with Crippen LogP contribution in [0.15, 0.2) is 0 Å². The highest BCUT2D eigenvalue weighted by Gasteiger charge is 2.15. The van der Waals surface area contributed by atoms with E-state index in [1.54, 1.807) is 0 Å². The Morgan fingerprint density at radius 2 is 2.10 bits per heavy atom. The molecule has 3 nitrogen and oxygen atoms in total. The molecule has 10 heavy (non-hydrogen) atoms. The maximum atomic E-state index is 8.55. The van der Waals surface area contributed by atoms with Crippen molar-refractivity contribution >= 4 is 0 Å². The van der Waals surface area contributed by atoms with Crippen molar-refractivity contribution in [1.82, 2.24) is 4.90 Å². The van der Waals surface area contributed by atoms with Gasteiger partial charge in [-0.05, 0) is 6.92 Å². The summed E-state index contributed by atoms with van der Waals surface area (Å²) in [4.78, 5) is 2.13. The van der Waals surface area contributed by atoms with Crippen LogP contribution in [0, 0.1) is 11.3 Å². The van der Waals surface area contributed by atoms with E-state index in [-0.39, 0.29) is 6.04 Å². The molecular formula is C7H12N2O. The molecule has 1 aliphatic heterocycles. The van der Waals surface area contributed by atoms with E-state index in [0.717, 1.165) is 26.3 Å². The average molecular weight is 140 g/mol. The molecule has 0 saturated carbocycles. The lowest BCUT2D eigenvalue weighted by atomic mass is 10.3. The average Bonchev–Trinajstić information content (AvgIpc) is 2.05. The molecule has 0 spiro atoms. The van der Waals surface area contributed by atoms with Crippen LogP contribution in [0.1, 0.15) is 6.92 Å². The Morgan fingerprint density at radius 1 is 1.50 bits per heavy atom. The Kier molecular flexibility index (Phi) is 2.67. The summed E-state index contributed by atoms with van der Waals surface area (Å²) in [6, 6.07) is 2.25. The Labute approximate surface area is 61.2 Å². The van der Waals surface area contributed by atoms with Gasteiger partial charge in [-0.2, -0.15) is 5.26 Å². The molecule has 0 aliphatic carbocycles. The fourth-order valence-corrected chi connectivity index (χ4v) is 1.05. The number of morpholine rings is 1. The first-order chi connectivity index (χ1) is 4.84. The first kappa shape index (κ1) is 7.52. The molecule has 0 N–H and O–H groups in total. The van der Waals surface area contributed by atoms with E-state index >= 15 is 0 Å². The molecule has 1 aliphatic rings. The molecule has 3 heteroatoms. The van der Waals surface area contributed by atoms with Crippen LogP contribution in [0.5, 0.6) is 0 Å². The number of ether oxygens (including phenoxy) is 1. The minimum absolute atomic E-state index is 0.0453. The predicted octanol–water partition coefficient (Wildman–Crippen LogP) is 0.231. The van der Waals surface area contributed by atoms with E-state index in [4.69, 9.17) is 10.00 Å². The van der Waals surface area contributed by atoms with Gasteiger partial charge in [0.15, 0.2) is 0 Å². The Balaban J connectivity index is 2.33. The molecule has 0 amide bonds. The largest absolute Gasteiger partial charge is 0.379 e. The lowest BCUT2D eigenvalue weighted by molar-refractivity contribution is 0.0299. The fraction of sp³-hybridized carbons (Fsp3) is 0.857. The molecule has 56 valence electrons. The SMILES string of the molecule is C[C@@H](C#N)N1CCOCC1. The van der Waals surface area contributed by atoms with Crippen LogP contribution >= 0.6 is 0 Å². The third-order valence-electron chi connectivity index (χ3n) is 1.78. The molecule has 0 aromatic carbocycles. The van der Waals surface area contributed by atoms with Crippen LogP contribution in [0.25, 0.3) is 0 Å². The molecular weight excluding hydrogens is 128 g/mol. The van der Waals surface area contributed by atoms with Crippen LogP contribution in [-0.4, -0.2) is 37.2 Å². The molecule has 1 rings (SSSR count). The lowest BCUT2D eigenvalue weighted by Crippen LogP contribution is -2.41. The molecule has 1 heterocycles. The van der Waals surface area contributed by atoms with Gasteiger partial charge in [0.05, 0.1) is 25.3 Å². The van der Waals surface area contributed by atoms with Crippen molar-refractivity contribution in [2.24, 2.45) is 0 Å². The Morgan fingerprint density at radius 3 is 2.60 bits per heavy atom. The zero-order valence-electron chi connectivity index (χ0n) is 6.21. The number of hydrogen-bond acceptors (Lipinski definition) is 3. The number of nitrogens with zero attached hydrogens (tertiary/aromatic N) is 2. The second-order valence-electron chi connectivity index (χ2n) is 2.45. The van der Waals surface area contributed by atoms with Crippen LogP contribution in [0.2, 0.25) is 0 Å². The second-order valence-corrected chi connectivity index (χ2v) is 2.45. The van der Waals surface area contributed by atoms with E-state index in [1.807, 2.05) is 6.92 Å². The summed E-state index contributed by atoms with van der Waals surface area (Å²) >= 11 is 0. The smallest absolute Gasteiger partial charge is 0.0950 e. The van der Waals surface area contributed by atoms with E-state index in [9.17, 15) is 0 Å². The van der Waals surface area contributed by atoms with Crippen molar-refractivity contribution in [3.05, 3.63) is 0 Å². The van der Waals surface area contributed by atoms with Gasteiger partial charge in [-0.3, -0.25) is 4.90 Å². The standard InChI is InChI=1S/C7H12N2O/c1-7(6-8)9-2-4-10-5-3-9/h7H,2-5H2,1H3/t7-/m0/s1. The molecule has 0 aromatic heterocycles. The van der Waals surface area contributed by atoms with Crippen LogP contribution in [-0.2, 0) is 4.74 Å². The third kappa shape index (κ3) is 1.69. The van der Waals surface area contributed by atoms with Crippen LogP contribution in [0.3, 0.4) is 0 Å². The van der Waals surface area contributed by atoms with Crippen LogP contribution in [0.4, 0.5) is 0 Å². The summed E-state index contributed by atoms with van der Waals surface area (Å²) in [5.41, 5.74) is 0. The van der Waals surface area contributed by atoms with Crippen molar-refractivity contribution in [3.8, 4) is 6.07 Å². The van der Waals surface area contributed by atoms with E-state index in [2.05, 4.69) is 11.0 Å². The van der Waals surface area contributed by atoms with Gasteiger partial charge < -0.3 is 4.74 Å². The van der Waals surface area contributed by atoms with Crippen molar-refractivity contribution in [1.29, 1.82) is 5.26 Å². The molecule has 0 aromatic rings. The normalized spacial score (nSPS) is 23.6. The van der Waals surface area contributed by atoms with Gasteiger partial charge >= 0.3 is 0 Å². The highest BCUT2D eigenvalue weighted by molar-refractivity contribution is 4.88. The maximum Gasteiger partial charge on any atom is 0.0950 e. The van der Waals surface area contributed by atoms with E-state index < -0.39 is 0 Å². The quantitative estimate of drug-likeness (QED) is 0.523. The topological polar surface area (TPSA) is 36.3 Å². The van der Waals surface area contributed by atoms with E-state index in [0.29, 0.717) is 0 Å². The predicted molar refractivity (Wildman–Crippen MR) is 37.5 cm³/mol. The lowest BCUT2D eigenvalue weighted by Gasteiger charge is -2.28. The summed E-state index contributed by atoms with van der Waals surface area (Å²) in [7, 11) is 0. The van der Waals surface area contributed by atoms with Crippen molar-refractivity contribution < 1.29 is 4.74 Å². The minimum atomic E-state index is 0.0453. The minimum Gasteiger partial charge on any atom is -0.379 e. The van der Waals surface area contributed by atoms with Gasteiger partial charge in [-0.1, -0.05) is 0 Å². The number of nitriles is 1. The van der Waals surface area contributed by atoms with E-state index in [1.165, 1.54) is 0 Å². The molecule has 0 radical (unpaired) electrons. The highest BCUT2D eigenvalue weighted by Crippen LogP contribution is 2.01. The fourth-order valence-electron chi connectivity index (χ4n) is 1.05.